The largest absolute Gasteiger partial charge is 0.395 e. The molecule has 3 heteroatoms. The Hall–Kier alpha value is -1.81. The Morgan fingerprint density at radius 3 is 2.50 bits per heavy atom. The van der Waals surface area contributed by atoms with Crippen molar-refractivity contribution in [3.63, 3.8) is 0 Å². The van der Waals surface area contributed by atoms with Gasteiger partial charge in [-0.25, -0.2) is 0 Å². The minimum absolute atomic E-state index is 0.0103. The van der Waals surface area contributed by atoms with E-state index >= 15 is 0 Å². The molecule has 1 aromatic rings. The van der Waals surface area contributed by atoms with Crippen molar-refractivity contribution in [1.29, 1.82) is 5.26 Å². The highest BCUT2D eigenvalue weighted by Gasteiger charge is 2.40. The molecule has 3 atom stereocenters. The summed E-state index contributed by atoms with van der Waals surface area (Å²) in [5.41, 5.74) is 2.14. The Bertz CT molecular complexity index is 599. The molecule has 3 nitrogen and oxygen atoms in total. The van der Waals surface area contributed by atoms with Gasteiger partial charge in [-0.2, -0.15) is 5.26 Å². The molecule has 0 bridgehead atoms. The van der Waals surface area contributed by atoms with Gasteiger partial charge in [0, 0.05) is 23.4 Å². The zero-order valence-electron chi connectivity index (χ0n) is 12.8. The number of hydrogen-bond acceptors (Lipinski definition) is 3. The van der Waals surface area contributed by atoms with Gasteiger partial charge >= 0.3 is 0 Å². The van der Waals surface area contributed by atoms with Crippen LogP contribution in [0.2, 0.25) is 0 Å². The van der Waals surface area contributed by atoms with E-state index in [0.717, 1.165) is 11.1 Å². The van der Waals surface area contributed by atoms with E-state index in [1.807, 2.05) is 24.3 Å². The summed E-state index contributed by atoms with van der Waals surface area (Å²) in [4.78, 5) is 0. The molecule has 1 aliphatic heterocycles. The van der Waals surface area contributed by atoms with Crippen LogP contribution in [-0.2, 0) is 0 Å². The van der Waals surface area contributed by atoms with E-state index in [0.29, 0.717) is 5.92 Å². The first kappa shape index (κ1) is 15.1. The predicted molar refractivity (Wildman–Crippen MR) is 86.0 cm³/mol. The van der Waals surface area contributed by atoms with Crippen molar-refractivity contribution in [1.82, 2.24) is 5.32 Å². The van der Waals surface area contributed by atoms with Crippen LogP contribution in [0.1, 0.15) is 49.1 Å². The lowest BCUT2D eigenvalue weighted by molar-refractivity contribution is 0.151. The molecule has 114 valence electrons. The molecule has 1 aromatic carbocycles. The Balaban J connectivity index is 1.68. The number of nitrogens with zero attached hydrogens (tertiary/aromatic N) is 1. The van der Waals surface area contributed by atoms with Gasteiger partial charge in [0.1, 0.15) is 6.04 Å². The second-order valence-corrected chi connectivity index (χ2v) is 6.31. The maximum Gasteiger partial charge on any atom is 0.104 e. The monoisotopic (exact) mass is 294 g/mol. The minimum Gasteiger partial charge on any atom is -0.395 e. The lowest BCUT2D eigenvalue weighted by Crippen LogP contribution is -2.60. The summed E-state index contributed by atoms with van der Waals surface area (Å²) < 4.78 is 0. The van der Waals surface area contributed by atoms with E-state index in [9.17, 15) is 5.11 Å². The Morgan fingerprint density at radius 2 is 1.86 bits per heavy atom. The lowest BCUT2D eigenvalue weighted by atomic mass is 9.78. The third-order valence-corrected chi connectivity index (χ3v) is 4.84. The molecule has 0 aromatic heterocycles. The number of hydrogen-bond donors (Lipinski definition) is 2. The third kappa shape index (κ3) is 3.17. The molecular weight excluding hydrogens is 272 g/mol. The molecule has 2 N–H and O–H groups in total. The van der Waals surface area contributed by atoms with Gasteiger partial charge in [-0.3, -0.25) is 5.32 Å². The maximum atomic E-state index is 9.32. The summed E-state index contributed by atoms with van der Waals surface area (Å²) in [6, 6.07) is 10.2. The van der Waals surface area contributed by atoms with Gasteiger partial charge in [0.25, 0.3) is 0 Å². The predicted octanol–water partition coefficient (Wildman–Crippen LogP) is 2.56. The Morgan fingerprint density at radius 1 is 1.14 bits per heavy atom. The minimum atomic E-state index is -0.198. The van der Waals surface area contributed by atoms with E-state index in [-0.39, 0.29) is 24.6 Å². The topological polar surface area (TPSA) is 56.0 Å². The van der Waals surface area contributed by atoms with Crippen molar-refractivity contribution in [3.8, 4) is 17.9 Å². The quantitative estimate of drug-likeness (QED) is 0.824. The van der Waals surface area contributed by atoms with Crippen LogP contribution in [0.15, 0.2) is 24.3 Å². The van der Waals surface area contributed by atoms with Crippen LogP contribution in [0.5, 0.6) is 0 Å². The Kier molecular flexibility index (Phi) is 4.78. The van der Waals surface area contributed by atoms with Crippen LogP contribution in [0.25, 0.3) is 0 Å². The fraction of sp³-hybridized carbons (Fsp3) is 0.526. The van der Waals surface area contributed by atoms with Crippen molar-refractivity contribution in [2.45, 2.75) is 50.1 Å². The molecule has 2 fully saturated rings. The molecule has 0 amide bonds. The van der Waals surface area contributed by atoms with Crippen LogP contribution >= 0.6 is 0 Å². The Labute approximate surface area is 132 Å². The first-order valence-electron chi connectivity index (χ1n) is 8.20. The summed E-state index contributed by atoms with van der Waals surface area (Å²) in [5, 5.41) is 21.5. The number of rotatable bonds is 2. The zero-order valence-corrected chi connectivity index (χ0v) is 12.8. The summed E-state index contributed by atoms with van der Waals surface area (Å²) >= 11 is 0. The molecule has 1 heterocycles. The van der Waals surface area contributed by atoms with Crippen LogP contribution in [-0.4, -0.2) is 23.8 Å². The molecular formula is C19H22N2O. The maximum absolute atomic E-state index is 9.32. The highest BCUT2D eigenvalue weighted by molar-refractivity contribution is 5.40. The summed E-state index contributed by atoms with van der Waals surface area (Å²) in [5.74, 6) is 7.33. The fourth-order valence-electron chi connectivity index (χ4n) is 3.48. The van der Waals surface area contributed by atoms with Gasteiger partial charge in [0.15, 0.2) is 0 Å². The molecule has 1 saturated carbocycles. The molecule has 0 spiro atoms. The molecule has 22 heavy (non-hydrogen) atoms. The molecule has 0 radical (unpaired) electrons. The molecule has 2 aliphatic rings. The second kappa shape index (κ2) is 6.97. The van der Waals surface area contributed by atoms with E-state index < -0.39 is 0 Å². The van der Waals surface area contributed by atoms with Gasteiger partial charge in [0.05, 0.1) is 12.7 Å². The number of benzene rings is 1. The fourth-order valence-corrected chi connectivity index (χ4v) is 3.48. The first-order chi connectivity index (χ1) is 10.8. The summed E-state index contributed by atoms with van der Waals surface area (Å²) in [7, 11) is 0. The zero-order chi connectivity index (χ0) is 15.4. The van der Waals surface area contributed by atoms with Crippen LogP contribution in [0, 0.1) is 29.1 Å². The average Bonchev–Trinajstić information content (AvgIpc) is 2.55. The number of nitriles is 1. The molecule has 0 unspecified atom stereocenters. The third-order valence-electron chi connectivity index (χ3n) is 4.84. The first-order valence-corrected chi connectivity index (χ1v) is 8.20. The van der Waals surface area contributed by atoms with Crippen molar-refractivity contribution < 1.29 is 5.11 Å². The SMILES string of the molecule is N#C[C@H]1N[C@@H](CO)[C@H]1c1ccc(C#CC2CCCCC2)cc1. The van der Waals surface area contributed by atoms with Crippen LogP contribution in [0.4, 0.5) is 0 Å². The van der Waals surface area contributed by atoms with E-state index in [1.165, 1.54) is 32.1 Å². The van der Waals surface area contributed by atoms with Gasteiger partial charge in [0.2, 0.25) is 0 Å². The van der Waals surface area contributed by atoms with Gasteiger partial charge in [-0.15, -0.1) is 0 Å². The van der Waals surface area contributed by atoms with Crippen molar-refractivity contribution in [2.24, 2.45) is 5.92 Å². The number of aliphatic hydroxyl groups is 1. The summed E-state index contributed by atoms with van der Waals surface area (Å²) in [6.07, 6.45) is 6.45. The lowest BCUT2D eigenvalue weighted by Gasteiger charge is -2.41. The van der Waals surface area contributed by atoms with Crippen molar-refractivity contribution in [2.75, 3.05) is 6.61 Å². The standard InChI is InChI=1S/C19H22N2O/c20-12-17-19(18(13-22)21-17)16-10-8-15(9-11-16)7-6-14-4-2-1-3-5-14/h8-11,14,17-19,21-22H,1-5,13H2/t17-,18+,19+/m1/s1. The molecule has 3 rings (SSSR count). The van der Waals surface area contributed by atoms with E-state index in [2.05, 4.69) is 23.2 Å². The van der Waals surface area contributed by atoms with Gasteiger partial charge in [-0.05, 0) is 30.5 Å². The van der Waals surface area contributed by atoms with E-state index in [4.69, 9.17) is 5.26 Å². The van der Waals surface area contributed by atoms with Gasteiger partial charge in [-0.1, -0.05) is 43.2 Å². The van der Waals surface area contributed by atoms with Crippen molar-refractivity contribution in [3.05, 3.63) is 35.4 Å². The van der Waals surface area contributed by atoms with E-state index in [1.54, 1.807) is 0 Å². The van der Waals surface area contributed by atoms with Crippen LogP contribution < -0.4 is 5.32 Å². The smallest absolute Gasteiger partial charge is 0.104 e. The highest BCUT2D eigenvalue weighted by Crippen LogP contribution is 2.31. The summed E-state index contributed by atoms with van der Waals surface area (Å²) in [6.45, 7) is 0.0616. The second-order valence-electron chi connectivity index (χ2n) is 6.31. The van der Waals surface area contributed by atoms with Crippen molar-refractivity contribution >= 4 is 0 Å². The molecule has 1 saturated heterocycles. The average molecular weight is 294 g/mol. The molecule has 1 aliphatic carbocycles. The normalized spacial score (nSPS) is 28.1. The highest BCUT2D eigenvalue weighted by atomic mass is 16.3. The van der Waals surface area contributed by atoms with Gasteiger partial charge < -0.3 is 5.11 Å². The van der Waals surface area contributed by atoms with Crippen LogP contribution in [0.3, 0.4) is 0 Å². The number of aliphatic hydroxyl groups excluding tert-OH is 1. The number of nitrogens with one attached hydrogen (secondary N) is 1.